The topological polar surface area (TPSA) is 61.8 Å². The zero-order valence-corrected chi connectivity index (χ0v) is 38.6. The third-order valence-electron chi connectivity index (χ3n) is 10.5. The van der Waals surface area contributed by atoms with Gasteiger partial charge in [0.15, 0.2) is 6.10 Å². The van der Waals surface area contributed by atoms with Gasteiger partial charge in [-0.05, 0) is 83.5 Å². The van der Waals surface area contributed by atoms with Gasteiger partial charge in [-0.25, -0.2) is 0 Å². The van der Waals surface area contributed by atoms with E-state index in [1.807, 2.05) is 0 Å². The van der Waals surface area contributed by atoms with Crippen molar-refractivity contribution in [2.75, 3.05) is 19.8 Å². The number of hydrogen-bond acceptors (Lipinski definition) is 5. The lowest BCUT2D eigenvalue weighted by Crippen LogP contribution is -2.30. The summed E-state index contributed by atoms with van der Waals surface area (Å²) in [7, 11) is 0. The maximum Gasteiger partial charge on any atom is 0.306 e. The average Bonchev–Trinajstić information content (AvgIpc) is 3.22. The van der Waals surface area contributed by atoms with Gasteiger partial charge in [0.2, 0.25) is 0 Å². The molecule has 5 nitrogen and oxygen atoms in total. The summed E-state index contributed by atoms with van der Waals surface area (Å²) in [5.41, 5.74) is 0. The van der Waals surface area contributed by atoms with Crippen LogP contribution in [0.1, 0.15) is 239 Å². The van der Waals surface area contributed by atoms with Gasteiger partial charge < -0.3 is 14.2 Å². The maximum atomic E-state index is 12.6. The van der Waals surface area contributed by atoms with Crippen LogP contribution in [0.4, 0.5) is 0 Å². The second kappa shape index (κ2) is 49.0. The van der Waals surface area contributed by atoms with Crippen LogP contribution in [0.25, 0.3) is 0 Å². The van der Waals surface area contributed by atoms with E-state index in [-0.39, 0.29) is 25.2 Å². The summed E-state index contributed by atoms with van der Waals surface area (Å²) in [5.74, 6) is -0.419. The second-order valence-corrected chi connectivity index (χ2v) is 16.3. The van der Waals surface area contributed by atoms with Crippen molar-refractivity contribution < 1.29 is 23.8 Å². The third kappa shape index (κ3) is 46.3. The van der Waals surface area contributed by atoms with Gasteiger partial charge in [-0.15, -0.1) is 0 Å². The number of carbonyl (C=O) groups is 2. The van der Waals surface area contributed by atoms with E-state index in [2.05, 4.69) is 81.5 Å². The monoisotopic (exact) mass is 811 g/mol. The van der Waals surface area contributed by atoms with Crippen LogP contribution in [0.2, 0.25) is 0 Å². The van der Waals surface area contributed by atoms with Crippen molar-refractivity contribution >= 4 is 11.9 Å². The normalized spacial score (nSPS) is 12.7. The molecule has 5 heteroatoms. The Kier molecular flexibility index (Phi) is 46.9. The number of unbranched alkanes of at least 4 members (excludes halogenated alkanes) is 24. The Balaban J connectivity index is 4.02. The highest BCUT2D eigenvalue weighted by atomic mass is 16.6. The molecule has 0 aliphatic rings. The fraction of sp³-hybridized carbons (Fsp3) is 0.774. The van der Waals surface area contributed by atoms with Gasteiger partial charge in [0, 0.05) is 19.4 Å². The Bertz CT molecular complexity index is 1010. The molecule has 0 rings (SSSR count). The van der Waals surface area contributed by atoms with E-state index < -0.39 is 6.10 Å². The fourth-order valence-electron chi connectivity index (χ4n) is 6.85. The molecule has 58 heavy (non-hydrogen) atoms. The van der Waals surface area contributed by atoms with Crippen molar-refractivity contribution in [1.29, 1.82) is 0 Å². The van der Waals surface area contributed by atoms with Crippen molar-refractivity contribution in [2.45, 2.75) is 245 Å². The van der Waals surface area contributed by atoms with Crippen LogP contribution in [0.3, 0.4) is 0 Å². The molecule has 336 valence electrons. The number of carbonyl (C=O) groups excluding carboxylic acids is 2. The Hall–Kier alpha value is -2.40. The standard InChI is InChI=1S/C53H94O5/c1-4-7-10-13-15-17-19-21-23-25-26-27-29-31-33-35-37-39-42-45-48-56-49-51(58-53(55)47-44-40-12-9-6-3)50-57-52(54)46-43-41-38-36-34-32-30-28-24-22-20-18-16-14-11-8-5-2/h8,11,15-18,21-24,51H,4-7,9-10,12-14,19-20,25-50H2,1-3H3/b11-8-,17-15-,18-16-,23-21-,24-22-. The van der Waals surface area contributed by atoms with Crippen molar-refractivity contribution in [2.24, 2.45) is 0 Å². The molecule has 0 radical (unpaired) electrons. The lowest BCUT2D eigenvalue weighted by atomic mass is 10.1. The molecule has 0 spiro atoms. The molecule has 0 amide bonds. The quantitative estimate of drug-likeness (QED) is 0.0348. The SMILES string of the molecule is CC/C=C\C/C=C\C/C=C\CCCCCCCCCC(=O)OCC(COCCCCCCCCCCCC/C=C\C/C=C\CCCCC)OC(=O)CCCCCCC. The van der Waals surface area contributed by atoms with E-state index in [0.717, 1.165) is 83.5 Å². The fourth-order valence-corrected chi connectivity index (χ4v) is 6.85. The van der Waals surface area contributed by atoms with Crippen LogP contribution in [0.5, 0.6) is 0 Å². The molecule has 0 aliphatic heterocycles. The van der Waals surface area contributed by atoms with E-state index in [1.165, 1.54) is 122 Å². The first kappa shape index (κ1) is 55.6. The van der Waals surface area contributed by atoms with Crippen molar-refractivity contribution in [3.05, 3.63) is 60.8 Å². The highest BCUT2D eigenvalue weighted by Gasteiger charge is 2.17. The maximum absolute atomic E-state index is 12.6. The molecular formula is C53H94O5. The molecule has 0 N–H and O–H groups in total. The molecule has 0 heterocycles. The second-order valence-electron chi connectivity index (χ2n) is 16.3. The Morgan fingerprint density at radius 2 is 0.776 bits per heavy atom. The molecule has 0 aromatic carbocycles. The summed E-state index contributed by atoms with van der Waals surface area (Å²) in [5, 5.41) is 0. The van der Waals surface area contributed by atoms with Gasteiger partial charge in [0.25, 0.3) is 0 Å². The molecule has 0 saturated carbocycles. The molecule has 0 saturated heterocycles. The summed E-state index contributed by atoms with van der Waals surface area (Å²) in [6.45, 7) is 7.62. The van der Waals surface area contributed by atoms with Crippen LogP contribution in [-0.4, -0.2) is 37.9 Å². The van der Waals surface area contributed by atoms with Crippen LogP contribution in [0.15, 0.2) is 60.8 Å². The van der Waals surface area contributed by atoms with Crippen molar-refractivity contribution in [3.8, 4) is 0 Å². The van der Waals surface area contributed by atoms with E-state index in [1.54, 1.807) is 0 Å². The molecule has 1 atom stereocenters. The van der Waals surface area contributed by atoms with Crippen molar-refractivity contribution in [1.82, 2.24) is 0 Å². The molecule has 0 aromatic rings. The molecular weight excluding hydrogens is 717 g/mol. The summed E-state index contributed by atoms with van der Waals surface area (Å²) >= 11 is 0. The Morgan fingerprint density at radius 3 is 1.28 bits per heavy atom. The molecule has 0 aliphatic carbocycles. The van der Waals surface area contributed by atoms with Gasteiger partial charge in [-0.1, -0.05) is 204 Å². The lowest BCUT2D eigenvalue weighted by Gasteiger charge is -2.18. The largest absolute Gasteiger partial charge is 0.462 e. The highest BCUT2D eigenvalue weighted by molar-refractivity contribution is 5.70. The average molecular weight is 811 g/mol. The summed E-state index contributed by atoms with van der Waals surface area (Å²) in [4.78, 5) is 25.1. The third-order valence-corrected chi connectivity index (χ3v) is 10.5. The number of ether oxygens (including phenoxy) is 3. The number of esters is 2. The predicted octanol–water partition coefficient (Wildman–Crippen LogP) is 16.6. The molecule has 0 fully saturated rings. The molecule has 0 bridgehead atoms. The zero-order valence-electron chi connectivity index (χ0n) is 38.6. The van der Waals surface area contributed by atoms with Crippen molar-refractivity contribution in [3.63, 3.8) is 0 Å². The summed E-state index contributed by atoms with van der Waals surface area (Å²) in [6, 6.07) is 0. The van der Waals surface area contributed by atoms with E-state index in [9.17, 15) is 9.59 Å². The van der Waals surface area contributed by atoms with Crippen LogP contribution >= 0.6 is 0 Å². The van der Waals surface area contributed by atoms with Gasteiger partial charge in [-0.3, -0.25) is 9.59 Å². The van der Waals surface area contributed by atoms with E-state index in [0.29, 0.717) is 19.4 Å². The minimum atomic E-state index is -0.537. The lowest BCUT2D eigenvalue weighted by molar-refractivity contribution is -0.163. The highest BCUT2D eigenvalue weighted by Crippen LogP contribution is 2.14. The Morgan fingerprint density at radius 1 is 0.397 bits per heavy atom. The number of rotatable bonds is 45. The first-order valence-corrected chi connectivity index (χ1v) is 24.8. The van der Waals surface area contributed by atoms with Gasteiger partial charge in [-0.2, -0.15) is 0 Å². The van der Waals surface area contributed by atoms with Crippen LogP contribution in [0, 0.1) is 0 Å². The molecule has 0 aromatic heterocycles. The van der Waals surface area contributed by atoms with Crippen LogP contribution in [-0.2, 0) is 23.8 Å². The number of hydrogen-bond donors (Lipinski definition) is 0. The van der Waals surface area contributed by atoms with Gasteiger partial charge in [0.1, 0.15) is 6.61 Å². The van der Waals surface area contributed by atoms with Gasteiger partial charge >= 0.3 is 11.9 Å². The first-order valence-electron chi connectivity index (χ1n) is 24.8. The van der Waals surface area contributed by atoms with Crippen LogP contribution < -0.4 is 0 Å². The zero-order chi connectivity index (χ0) is 42.1. The summed E-state index contributed by atoms with van der Waals surface area (Å²) in [6.07, 6.45) is 61.1. The number of allylic oxidation sites excluding steroid dienone is 10. The first-order chi connectivity index (χ1) is 28.6. The van der Waals surface area contributed by atoms with Gasteiger partial charge in [0.05, 0.1) is 6.61 Å². The van der Waals surface area contributed by atoms with E-state index in [4.69, 9.17) is 14.2 Å². The summed E-state index contributed by atoms with van der Waals surface area (Å²) < 4.78 is 17.2. The Labute approximate surface area is 360 Å². The molecule has 1 unspecified atom stereocenters. The minimum absolute atomic E-state index is 0.0784. The smallest absolute Gasteiger partial charge is 0.306 e. The predicted molar refractivity (Wildman–Crippen MR) is 251 cm³/mol. The van der Waals surface area contributed by atoms with E-state index >= 15 is 0 Å². The minimum Gasteiger partial charge on any atom is -0.462 e.